The zero-order valence-electron chi connectivity index (χ0n) is 20.6. The molecule has 1 aromatic carbocycles. The fourth-order valence-corrected chi connectivity index (χ4v) is 5.48. The number of ether oxygens (including phenoxy) is 1. The summed E-state index contributed by atoms with van der Waals surface area (Å²) < 4.78 is 9.24. The second-order valence-electron chi connectivity index (χ2n) is 10.4. The molecule has 0 radical (unpaired) electrons. The Balaban J connectivity index is 1.16. The van der Waals surface area contributed by atoms with Crippen LogP contribution in [0.4, 0.5) is 0 Å². The van der Waals surface area contributed by atoms with Crippen molar-refractivity contribution >= 4 is 22.1 Å². The van der Waals surface area contributed by atoms with E-state index in [1.165, 1.54) is 19.5 Å². The highest BCUT2D eigenvalue weighted by Gasteiger charge is 2.44. The first-order valence-corrected chi connectivity index (χ1v) is 12.6. The van der Waals surface area contributed by atoms with Gasteiger partial charge in [-0.3, -0.25) is 14.1 Å². The van der Waals surface area contributed by atoms with E-state index < -0.39 is 0 Å². The molecule has 1 aliphatic heterocycles. The monoisotopic (exact) mass is 472 g/mol. The van der Waals surface area contributed by atoms with Crippen LogP contribution in [0.15, 0.2) is 41.3 Å². The summed E-state index contributed by atoms with van der Waals surface area (Å²) >= 11 is 0. The highest BCUT2D eigenvalue weighted by atomic mass is 16.5. The van der Waals surface area contributed by atoms with Crippen LogP contribution in [0.3, 0.4) is 0 Å². The average molecular weight is 473 g/mol. The first-order chi connectivity index (χ1) is 17.0. The lowest BCUT2D eigenvalue weighted by Gasteiger charge is -2.16. The lowest BCUT2D eigenvalue weighted by atomic mass is 10.0. The van der Waals surface area contributed by atoms with Gasteiger partial charge in [-0.25, -0.2) is 4.79 Å². The number of nitrogens with zero attached hydrogens (tertiary/aromatic N) is 6. The first kappa shape index (κ1) is 22.4. The maximum absolute atomic E-state index is 12.8. The van der Waals surface area contributed by atoms with Crippen LogP contribution in [0.5, 0.6) is 0 Å². The first-order valence-electron chi connectivity index (χ1n) is 12.6. The third kappa shape index (κ3) is 4.15. The molecule has 0 bridgehead atoms. The second-order valence-corrected chi connectivity index (χ2v) is 10.4. The van der Waals surface area contributed by atoms with Crippen molar-refractivity contribution < 1.29 is 4.74 Å². The highest BCUT2D eigenvalue weighted by Crippen LogP contribution is 2.44. The number of aryl methyl sites for hydroxylation is 1. The Labute approximate surface area is 204 Å². The Hall–Kier alpha value is -3.10. The van der Waals surface area contributed by atoms with E-state index in [1.54, 1.807) is 16.2 Å². The van der Waals surface area contributed by atoms with Crippen LogP contribution in [-0.2, 0) is 18.4 Å². The summed E-state index contributed by atoms with van der Waals surface area (Å²) in [6.07, 6.45) is 4.42. The van der Waals surface area contributed by atoms with Crippen LogP contribution in [0.25, 0.3) is 33.2 Å². The van der Waals surface area contributed by atoms with E-state index in [0.717, 1.165) is 64.6 Å². The number of fused-ring (bicyclic) bond motifs is 4. The van der Waals surface area contributed by atoms with Gasteiger partial charge >= 0.3 is 5.69 Å². The molecule has 0 spiro atoms. The van der Waals surface area contributed by atoms with Gasteiger partial charge in [0.1, 0.15) is 5.52 Å². The quantitative estimate of drug-likeness (QED) is 0.363. The van der Waals surface area contributed by atoms with E-state index in [2.05, 4.69) is 32.2 Å². The average Bonchev–Trinajstić information content (AvgIpc) is 3.38. The number of pyridine rings is 1. The summed E-state index contributed by atoms with van der Waals surface area (Å²) in [6, 6.07) is 10.2. The van der Waals surface area contributed by atoms with Gasteiger partial charge in [0.05, 0.1) is 17.8 Å². The molecule has 1 saturated heterocycles. The molecule has 2 fully saturated rings. The van der Waals surface area contributed by atoms with E-state index >= 15 is 0 Å². The van der Waals surface area contributed by atoms with Gasteiger partial charge < -0.3 is 9.64 Å². The molecule has 1 aliphatic carbocycles. The normalized spacial score (nSPS) is 19.8. The van der Waals surface area contributed by atoms with E-state index in [1.807, 2.05) is 38.2 Å². The standard InChI is InChI=1S/C27H32N6O2/c1-17(2)33-25-23-12-18(6-8-24(23)29-30-26(25)31(3)27(33)34)19-5-7-22(28-13-19)16-35-10-4-9-32-14-20-11-21(20)15-32/h5-8,12-13,17,20-21H,4,9-11,14-16H2,1-3H3. The summed E-state index contributed by atoms with van der Waals surface area (Å²) in [5.41, 5.74) is 5.09. The predicted molar refractivity (Wildman–Crippen MR) is 136 cm³/mol. The number of piperidine rings is 1. The zero-order chi connectivity index (χ0) is 24.1. The van der Waals surface area contributed by atoms with Gasteiger partial charge in [-0.05, 0) is 62.3 Å². The number of rotatable bonds is 8. The largest absolute Gasteiger partial charge is 0.375 e. The fraction of sp³-hybridized carbons (Fsp3) is 0.481. The van der Waals surface area contributed by atoms with Crippen LogP contribution in [-0.4, -0.2) is 55.5 Å². The minimum absolute atomic E-state index is 0.0178. The molecule has 6 rings (SSSR count). The van der Waals surface area contributed by atoms with Crippen molar-refractivity contribution in [3.8, 4) is 11.1 Å². The number of likely N-dealkylation sites (tertiary alicyclic amines) is 1. The van der Waals surface area contributed by atoms with Gasteiger partial charge in [0.2, 0.25) is 0 Å². The summed E-state index contributed by atoms with van der Waals surface area (Å²) in [7, 11) is 1.74. The summed E-state index contributed by atoms with van der Waals surface area (Å²) in [5, 5.41) is 9.59. The summed E-state index contributed by atoms with van der Waals surface area (Å²) in [6.45, 7) is 9.05. The van der Waals surface area contributed by atoms with Gasteiger partial charge in [0.15, 0.2) is 5.65 Å². The van der Waals surface area contributed by atoms with Crippen molar-refractivity contribution in [1.82, 2.24) is 29.2 Å². The van der Waals surface area contributed by atoms with Crippen LogP contribution >= 0.6 is 0 Å². The molecule has 2 atom stereocenters. The number of benzene rings is 1. The molecular formula is C27H32N6O2. The van der Waals surface area contributed by atoms with Gasteiger partial charge in [-0.1, -0.05) is 12.1 Å². The van der Waals surface area contributed by atoms with Gasteiger partial charge in [-0.15, -0.1) is 10.2 Å². The van der Waals surface area contributed by atoms with Gasteiger partial charge in [0.25, 0.3) is 0 Å². The van der Waals surface area contributed by atoms with Crippen LogP contribution in [0, 0.1) is 11.8 Å². The molecule has 2 aliphatic rings. The van der Waals surface area contributed by atoms with Crippen molar-refractivity contribution in [1.29, 1.82) is 0 Å². The molecule has 1 saturated carbocycles. The van der Waals surface area contributed by atoms with E-state index in [0.29, 0.717) is 12.3 Å². The topological polar surface area (TPSA) is 78.1 Å². The SMILES string of the molecule is CC(C)n1c(=O)n(C)c2nnc3ccc(-c4ccc(COCCCN5CC6CC6C5)nc4)cc3c21. The van der Waals surface area contributed by atoms with Crippen molar-refractivity contribution in [3.05, 3.63) is 52.7 Å². The fourth-order valence-electron chi connectivity index (χ4n) is 5.48. The van der Waals surface area contributed by atoms with E-state index in [9.17, 15) is 4.79 Å². The lowest BCUT2D eigenvalue weighted by molar-refractivity contribution is 0.107. The minimum atomic E-state index is -0.0785. The maximum atomic E-state index is 12.8. The molecule has 8 nitrogen and oxygen atoms in total. The molecule has 35 heavy (non-hydrogen) atoms. The van der Waals surface area contributed by atoms with Crippen molar-refractivity contribution in [2.45, 2.75) is 39.3 Å². The number of hydrogen-bond donors (Lipinski definition) is 0. The Morgan fingerprint density at radius 3 is 2.63 bits per heavy atom. The number of hydrogen-bond acceptors (Lipinski definition) is 6. The van der Waals surface area contributed by atoms with Crippen LogP contribution < -0.4 is 5.69 Å². The maximum Gasteiger partial charge on any atom is 0.330 e. The molecule has 182 valence electrons. The molecule has 0 N–H and O–H groups in total. The van der Waals surface area contributed by atoms with Crippen LogP contribution in [0.1, 0.15) is 38.4 Å². The molecule has 2 unspecified atom stereocenters. The van der Waals surface area contributed by atoms with Crippen molar-refractivity contribution in [2.75, 3.05) is 26.2 Å². The summed E-state index contributed by atoms with van der Waals surface area (Å²) in [5.74, 6) is 1.99. The zero-order valence-corrected chi connectivity index (χ0v) is 20.6. The highest BCUT2D eigenvalue weighted by molar-refractivity contribution is 6.02. The Morgan fingerprint density at radius 2 is 1.89 bits per heavy atom. The Kier molecular flexibility index (Phi) is 5.65. The lowest BCUT2D eigenvalue weighted by Crippen LogP contribution is -2.24. The van der Waals surface area contributed by atoms with E-state index in [4.69, 9.17) is 4.74 Å². The third-order valence-electron chi connectivity index (χ3n) is 7.51. The van der Waals surface area contributed by atoms with E-state index in [-0.39, 0.29) is 11.7 Å². The third-order valence-corrected chi connectivity index (χ3v) is 7.51. The van der Waals surface area contributed by atoms with Gasteiger partial charge in [-0.2, -0.15) is 0 Å². The second kappa shape index (κ2) is 8.84. The Bertz CT molecular complexity index is 1430. The smallest absolute Gasteiger partial charge is 0.330 e. The van der Waals surface area contributed by atoms with Gasteiger partial charge in [0, 0.05) is 56.5 Å². The number of aromatic nitrogens is 5. The Morgan fingerprint density at radius 1 is 1.09 bits per heavy atom. The predicted octanol–water partition coefficient (Wildman–Crippen LogP) is 3.78. The molecule has 3 aromatic heterocycles. The molecule has 8 heteroatoms. The number of imidazole rings is 1. The van der Waals surface area contributed by atoms with Crippen molar-refractivity contribution in [2.24, 2.45) is 18.9 Å². The van der Waals surface area contributed by atoms with Crippen molar-refractivity contribution in [3.63, 3.8) is 0 Å². The molecular weight excluding hydrogens is 440 g/mol. The molecule has 4 heterocycles. The van der Waals surface area contributed by atoms with Crippen LogP contribution in [0.2, 0.25) is 0 Å². The molecule has 4 aromatic rings. The molecule has 0 amide bonds. The summed E-state index contributed by atoms with van der Waals surface area (Å²) in [4.78, 5) is 20.0. The minimum Gasteiger partial charge on any atom is -0.375 e.